The van der Waals surface area contributed by atoms with Crippen molar-refractivity contribution >= 4 is 11.8 Å². The van der Waals surface area contributed by atoms with Crippen LogP contribution in [-0.2, 0) is 0 Å². The van der Waals surface area contributed by atoms with Gasteiger partial charge >= 0.3 is 0 Å². The van der Waals surface area contributed by atoms with Crippen molar-refractivity contribution in [1.82, 2.24) is 15.2 Å². The molecule has 3 aliphatic carbocycles. The van der Waals surface area contributed by atoms with Crippen molar-refractivity contribution in [3.05, 3.63) is 33.7 Å². The Morgan fingerprint density at radius 1 is 0.741 bits per heavy atom. The lowest BCUT2D eigenvalue weighted by molar-refractivity contribution is 0.0935. The third-order valence-corrected chi connectivity index (χ3v) is 6.13. The molecule has 2 amide bonds. The Kier molecular flexibility index (Phi) is 5.32. The van der Waals surface area contributed by atoms with E-state index in [1.165, 1.54) is 6.42 Å². The lowest BCUT2D eigenvalue weighted by Gasteiger charge is -2.25. The number of nitrogens with zero attached hydrogens (tertiary/aromatic N) is 1. The van der Waals surface area contributed by atoms with Gasteiger partial charge in [0.05, 0.1) is 0 Å². The van der Waals surface area contributed by atoms with Crippen LogP contribution < -0.4 is 16.1 Å². The van der Waals surface area contributed by atoms with Crippen LogP contribution in [-0.4, -0.2) is 28.5 Å². The predicted molar refractivity (Wildman–Crippen MR) is 103 cm³/mol. The molecule has 0 spiro atoms. The van der Waals surface area contributed by atoms with Gasteiger partial charge in [0.1, 0.15) is 11.1 Å². The molecule has 3 saturated carbocycles. The first kappa shape index (κ1) is 18.3. The third kappa shape index (κ3) is 4.25. The maximum atomic E-state index is 12.9. The number of hydrogen-bond acceptors (Lipinski definition) is 3. The van der Waals surface area contributed by atoms with Gasteiger partial charge < -0.3 is 15.2 Å². The van der Waals surface area contributed by atoms with Crippen molar-refractivity contribution in [2.24, 2.45) is 0 Å². The van der Waals surface area contributed by atoms with E-state index in [1.54, 1.807) is 12.4 Å². The van der Waals surface area contributed by atoms with Gasteiger partial charge in [0.25, 0.3) is 11.8 Å². The summed E-state index contributed by atoms with van der Waals surface area (Å²) in [5.74, 6) is -0.680. The monoisotopic (exact) mass is 371 g/mol. The van der Waals surface area contributed by atoms with Crippen molar-refractivity contribution in [3.8, 4) is 0 Å². The highest BCUT2D eigenvalue weighted by atomic mass is 16.2. The summed E-state index contributed by atoms with van der Waals surface area (Å²) < 4.78 is 1.95. The van der Waals surface area contributed by atoms with Gasteiger partial charge in [0, 0.05) is 30.5 Å². The molecule has 3 fully saturated rings. The fourth-order valence-corrected chi connectivity index (χ4v) is 4.34. The first-order valence-corrected chi connectivity index (χ1v) is 10.5. The lowest BCUT2D eigenvalue weighted by Crippen LogP contribution is -2.39. The molecule has 1 aromatic rings. The minimum Gasteiger partial charge on any atom is -0.349 e. The SMILES string of the molecule is O=C(NC1CCCC1)c1cn(C2CCCCC2)cc(C(=O)NC2CC2)c1=O. The highest BCUT2D eigenvalue weighted by Gasteiger charge is 2.28. The van der Waals surface area contributed by atoms with Crippen LogP contribution in [0.3, 0.4) is 0 Å². The lowest BCUT2D eigenvalue weighted by atomic mass is 9.95. The molecule has 0 aliphatic heterocycles. The molecular formula is C21H29N3O3. The van der Waals surface area contributed by atoms with E-state index in [0.29, 0.717) is 0 Å². The van der Waals surface area contributed by atoms with Gasteiger partial charge in [-0.2, -0.15) is 0 Å². The molecule has 2 N–H and O–H groups in total. The number of hydrogen-bond donors (Lipinski definition) is 2. The summed E-state index contributed by atoms with van der Waals surface area (Å²) in [6, 6.07) is 0.574. The fourth-order valence-electron chi connectivity index (χ4n) is 4.34. The highest BCUT2D eigenvalue weighted by Crippen LogP contribution is 2.28. The summed E-state index contributed by atoms with van der Waals surface area (Å²) in [6.07, 6.45) is 15.0. The Balaban J connectivity index is 1.65. The van der Waals surface area contributed by atoms with E-state index in [1.807, 2.05) is 4.57 Å². The zero-order valence-corrected chi connectivity index (χ0v) is 15.8. The Hall–Kier alpha value is -2.11. The van der Waals surface area contributed by atoms with Gasteiger partial charge in [0.2, 0.25) is 5.43 Å². The van der Waals surface area contributed by atoms with Crippen molar-refractivity contribution in [2.75, 3.05) is 0 Å². The van der Waals surface area contributed by atoms with Crippen LogP contribution in [0, 0.1) is 0 Å². The van der Waals surface area contributed by atoms with Gasteiger partial charge in [-0.25, -0.2) is 0 Å². The van der Waals surface area contributed by atoms with Crippen molar-refractivity contribution in [1.29, 1.82) is 0 Å². The molecule has 0 atom stereocenters. The Morgan fingerprint density at radius 3 is 1.74 bits per heavy atom. The summed E-state index contributed by atoms with van der Waals surface area (Å²) in [7, 11) is 0. The van der Waals surface area contributed by atoms with Crippen LogP contribution in [0.15, 0.2) is 17.2 Å². The standard InChI is InChI=1S/C21H29N3O3/c25-19-17(20(26)22-14-6-4-5-7-14)12-24(16-8-2-1-3-9-16)13-18(19)21(27)23-15-10-11-15/h12-16H,1-11H2,(H,22,26)(H,23,27). The zero-order valence-electron chi connectivity index (χ0n) is 15.8. The van der Waals surface area contributed by atoms with Crippen LogP contribution in [0.4, 0.5) is 0 Å². The number of nitrogens with one attached hydrogen (secondary N) is 2. The molecule has 1 aromatic heterocycles. The number of rotatable bonds is 5. The Labute approximate surface area is 159 Å². The molecule has 1 heterocycles. The molecule has 0 saturated heterocycles. The van der Waals surface area contributed by atoms with Crippen LogP contribution in [0.1, 0.15) is 97.4 Å². The molecule has 6 heteroatoms. The molecule has 3 aliphatic rings. The third-order valence-electron chi connectivity index (χ3n) is 6.13. The number of carbonyl (C=O) groups excluding carboxylic acids is 2. The fraction of sp³-hybridized carbons (Fsp3) is 0.667. The predicted octanol–water partition coefficient (Wildman–Crippen LogP) is 2.92. The van der Waals surface area contributed by atoms with E-state index in [0.717, 1.165) is 64.2 Å². The highest BCUT2D eigenvalue weighted by molar-refractivity contribution is 5.99. The quantitative estimate of drug-likeness (QED) is 0.835. The Bertz CT molecular complexity index is 769. The second kappa shape index (κ2) is 7.87. The van der Waals surface area contributed by atoms with E-state index < -0.39 is 5.43 Å². The van der Waals surface area contributed by atoms with Crippen LogP contribution >= 0.6 is 0 Å². The first-order valence-electron chi connectivity index (χ1n) is 10.5. The number of aromatic nitrogens is 1. The second-order valence-corrected chi connectivity index (χ2v) is 8.36. The van der Waals surface area contributed by atoms with E-state index >= 15 is 0 Å². The van der Waals surface area contributed by atoms with Crippen molar-refractivity contribution in [2.45, 2.75) is 88.8 Å². The largest absolute Gasteiger partial charge is 0.349 e. The summed E-state index contributed by atoms with van der Waals surface area (Å²) in [4.78, 5) is 38.4. The van der Waals surface area contributed by atoms with Crippen LogP contribution in [0.5, 0.6) is 0 Å². The molecule has 4 rings (SSSR count). The van der Waals surface area contributed by atoms with Crippen molar-refractivity contribution in [3.63, 3.8) is 0 Å². The summed E-state index contributed by atoms with van der Waals surface area (Å²) >= 11 is 0. The molecule has 0 bridgehead atoms. The van der Waals surface area contributed by atoms with Gasteiger partial charge in [0.15, 0.2) is 0 Å². The Morgan fingerprint density at radius 2 is 1.22 bits per heavy atom. The molecule has 27 heavy (non-hydrogen) atoms. The van der Waals surface area contributed by atoms with Gasteiger partial charge in [-0.15, -0.1) is 0 Å². The molecule has 146 valence electrons. The minimum atomic E-state index is -0.448. The zero-order chi connectivity index (χ0) is 18.8. The first-order chi connectivity index (χ1) is 13.1. The average Bonchev–Trinajstić information content (AvgIpc) is 3.34. The summed E-state index contributed by atoms with van der Waals surface area (Å²) in [5.41, 5.74) is -0.238. The maximum absolute atomic E-state index is 12.9. The number of carbonyl (C=O) groups is 2. The van der Waals surface area contributed by atoms with E-state index in [4.69, 9.17) is 0 Å². The van der Waals surface area contributed by atoms with Gasteiger partial charge in [-0.05, 0) is 38.5 Å². The molecule has 0 unspecified atom stereocenters. The van der Waals surface area contributed by atoms with E-state index in [9.17, 15) is 14.4 Å². The van der Waals surface area contributed by atoms with Crippen LogP contribution in [0.25, 0.3) is 0 Å². The summed E-state index contributed by atoms with van der Waals surface area (Å²) in [5, 5.41) is 5.90. The van der Waals surface area contributed by atoms with Gasteiger partial charge in [-0.3, -0.25) is 14.4 Å². The molecule has 6 nitrogen and oxygen atoms in total. The average molecular weight is 371 g/mol. The molecule has 0 aromatic carbocycles. The maximum Gasteiger partial charge on any atom is 0.256 e. The normalized spacial score (nSPS) is 21.2. The van der Waals surface area contributed by atoms with E-state index in [2.05, 4.69) is 10.6 Å². The second-order valence-electron chi connectivity index (χ2n) is 8.36. The topological polar surface area (TPSA) is 80.2 Å². The van der Waals surface area contributed by atoms with Crippen LogP contribution in [0.2, 0.25) is 0 Å². The number of pyridine rings is 1. The van der Waals surface area contributed by atoms with Crippen molar-refractivity contribution < 1.29 is 9.59 Å². The van der Waals surface area contributed by atoms with E-state index in [-0.39, 0.29) is 41.1 Å². The summed E-state index contributed by atoms with van der Waals surface area (Å²) in [6.45, 7) is 0. The smallest absolute Gasteiger partial charge is 0.256 e. The molecular weight excluding hydrogens is 342 g/mol. The molecule has 0 radical (unpaired) electrons. The minimum absolute atomic E-state index is 0.103. The van der Waals surface area contributed by atoms with Gasteiger partial charge in [-0.1, -0.05) is 32.1 Å². The number of amides is 2.